The molecule has 0 aliphatic heterocycles. The highest BCUT2D eigenvalue weighted by atomic mass is 16.5. The molecule has 1 N–H and O–H groups in total. The molecule has 14 heavy (non-hydrogen) atoms. The summed E-state index contributed by atoms with van der Waals surface area (Å²) in [4.78, 5) is 0. The summed E-state index contributed by atoms with van der Waals surface area (Å²) >= 11 is 0. The minimum Gasteiger partial charge on any atom is -0.504 e. The van der Waals surface area contributed by atoms with Gasteiger partial charge in [0.05, 0.1) is 7.11 Å². The van der Waals surface area contributed by atoms with Gasteiger partial charge in [-0.3, -0.25) is 0 Å². The van der Waals surface area contributed by atoms with Crippen LogP contribution in [0.25, 0.3) is 6.08 Å². The Morgan fingerprint density at radius 2 is 2.07 bits per heavy atom. The molecule has 1 aromatic rings. The van der Waals surface area contributed by atoms with E-state index in [1.165, 1.54) is 5.56 Å². The van der Waals surface area contributed by atoms with Crippen molar-refractivity contribution < 1.29 is 9.84 Å². The van der Waals surface area contributed by atoms with Crippen molar-refractivity contribution in [1.82, 2.24) is 0 Å². The van der Waals surface area contributed by atoms with Crippen LogP contribution in [-0.4, -0.2) is 12.2 Å². The molecule has 1 atom stereocenters. The Morgan fingerprint density at radius 3 is 2.50 bits per heavy atom. The molecule has 3 rings (SSSR count). The van der Waals surface area contributed by atoms with Crippen molar-refractivity contribution in [3.8, 4) is 11.5 Å². The minimum atomic E-state index is 0.280. The van der Waals surface area contributed by atoms with Gasteiger partial charge in [-0.2, -0.15) is 0 Å². The number of rotatable bonds is 2. The summed E-state index contributed by atoms with van der Waals surface area (Å²) in [5.41, 5.74) is 4.33. The maximum Gasteiger partial charge on any atom is 0.164 e. The fraction of sp³-hybridized carbons (Fsp3) is 0.333. The predicted molar refractivity (Wildman–Crippen MR) is 57.0 cm³/mol. The van der Waals surface area contributed by atoms with E-state index >= 15 is 0 Å². The SMILES string of the molecule is C=Cc1c2c(C)c(OC)c(O)c1[C@@H]2C. The largest absolute Gasteiger partial charge is 0.504 e. The Kier molecular flexibility index (Phi) is 1.81. The third-order valence-electron chi connectivity index (χ3n) is 3.07. The van der Waals surface area contributed by atoms with Crippen LogP contribution in [0.5, 0.6) is 11.5 Å². The second-order valence-electron chi connectivity index (χ2n) is 3.67. The zero-order valence-electron chi connectivity index (χ0n) is 8.72. The molecule has 0 unspecified atom stereocenters. The Hall–Kier alpha value is -1.44. The van der Waals surface area contributed by atoms with Crippen LogP contribution in [0.4, 0.5) is 0 Å². The first-order chi connectivity index (χ1) is 6.63. The third-order valence-corrected chi connectivity index (χ3v) is 3.07. The summed E-state index contributed by atoms with van der Waals surface area (Å²) in [5.74, 6) is 1.21. The molecule has 0 heterocycles. The van der Waals surface area contributed by atoms with Gasteiger partial charge in [-0.25, -0.2) is 0 Å². The van der Waals surface area contributed by atoms with Crippen molar-refractivity contribution in [1.29, 1.82) is 0 Å². The number of hydrogen-bond donors (Lipinski definition) is 1. The van der Waals surface area contributed by atoms with Crippen LogP contribution in [0.2, 0.25) is 0 Å². The number of ether oxygens (including phenoxy) is 1. The molecule has 0 fully saturated rings. The Morgan fingerprint density at radius 1 is 1.43 bits per heavy atom. The number of fused-ring (bicyclic) bond motifs is 2. The lowest BCUT2D eigenvalue weighted by atomic mass is 9.72. The number of phenols is 1. The van der Waals surface area contributed by atoms with E-state index in [9.17, 15) is 5.11 Å². The number of hydrogen-bond acceptors (Lipinski definition) is 2. The highest BCUT2D eigenvalue weighted by Crippen LogP contribution is 2.54. The molecule has 0 saturated heterocycles. The summed E-state index contributed by atoms with van der Waals surface area (Å²) < 4.78 is 5.16. The van der Waals surface area contributed by atoms with E-state index < -0.39 is 0 Å². The first-order valence-corrected chi connectivity index (χ1v) is 4.69. The molecule has 2 nitrogen and oxygen atoms in total. The van der Waals surface area contributed by atoms with Crippen LogP contribution in [0.15, 0.2) is 6.58 Å². The van der Waals surface area contributed by atoms with E-state index in [1.54, 1.807) is 13.2 Å². The highest BCUT2D eigenvalue weighted by molar-refractivity contribution is 5.77. The summed E-state index contributed by atoms with van der Waals surface area (Å²) in [6.45, 7) is 7.81. The molecule has 0 spiro atoms. The van der Waals surface area contributed by atoms with Gasteiger partial charge < -0.3 is 9.84 Å². The molecule has 2 aliphatic carbocycles. The van der Waals surface area contributed by atoms with Gasteiger partial charge in [-0.15, -0.1) is 0 Å². The molecule has 0 amide bonds. The Labute approximate surface area is 83.8 Å². The second-order valence-corrected chi connectivity index (χ2v) is 3.67. The van der Waals surface area contributed by atoms with Gasteiger partial charge in [0.2, 0.25) is 0 Å². The predicted octanol–water partition coefficient (Wildman–Crippen LogP) is 2.82. The van der Waals surface area contributed by atoms with E-state index in [-0.39, 0.29) is 5.75 Å². The average molecular weight is 190 g/mol. The van der Waals surface area contributed by atoms with E-state index in [0.717, 1.165) is 16.7 Å². The monoisotopic (exact) mass is 190 g/mol. The van der Waals surface area contributed by atoms with E-state index in [2.05, 4.69) is 13.5 Å². The highest BCUT2D eigenvalue weighted by Gasteiger charge is 2.35. The van der Waals surface area contributed by atoms with Gasteiger partial charge in [-0.1, -0.05) is 19.6 Å². The standard InChI is InChI=1S/C12H14O2/c1-5-8-9-6(2)10(8)11(13)12(14-4)7(9)3/h5-6,13H,1H2,2-4H3/t6-/m1/s1. The molecule has 0 aromatic heterocycles. The van der Waals surface area contributed by atoms with Crippen LogP contribution >= 0.6 is 0 Å². The van der Waals surface area contributed by atoms with Gasteiger partial charge in [-0.05, 0) is 23.6 Å². The topological polar surface area (TPSA) is 29.5 Å². The first-order valence-electron chi connectivity index (χ1n) is 4.69. The number of phenolic OH excluding ortho intramolecular Hbond substituents is 1. The third kappa shape index (κ3) is 0.808. The van der Waals surface area contributed by atoms with Crippen LogP contribution in [0.1, 0.15) is 35.1 Å². The molecular formula is C12H14O2. The molecule has 0 saturated carbocycles. The van der Waals surface area contributed by atoms with Gasteiger partial charge in [0, 0.05) is 11.5 Å². The molecule has 74 valence electrons. The van der Waals surface area contributed by atoms with E-state index in [1.807, 2.05) is 6.92 Å². The van der Waals surface area contributed by atoms with Crippen molar-refractivity contribution >= 4 is 6.08 Å². The summed E-state index contributed by atoms with van der Waals surface area (Å²) in [7, 11) is 1.58. The zero-order chi connectivity index (χ0) is 10.5. The van der Waals surface area contributed by atoms with Crippen molar-refractivity contribution in [3.05, 3.63) is 28.8 Å². The van der Waals surface area contributed by atoms with Gasteiger partial charge in [0.25, 0.3) is 0 Å². The second kappa shape index (κ2) is 2.77. The number of aromatic hydroxyl groups is 1. The molecule has 2 heteroatoms. The minimum absolute atomic E-state index is 0.280. The van der Waals surface area contributed by atoms with Gasteiger partial charge >= 0.3 is 0 Å². The lowest BCUT2D eigenvalue weighted by Gasteiger charge is -2.34. The lowest BCUT2D eigenvalue weighted by Crippen LogP contribution is -2.17. The van der Waals surface area contributed by atoms with Crippen molar-refractivity contribution in [3.63, 3.8) is 0 Å². The first kappa shape index (κ1) is 9.13. The fourth-order valence-corrected chi connectivity index (χ4v) is 2.43. The van der Waals surface area contributed by atoms with E-state index in [0.29, 0.717) is 11.7 Å². The number of benzene rings is 1. The summed E-state index contributed by atoms with van der Waals surface area (Å²) in [6, 6.07) is 0. The van der Waals surface area contributed by atoms with Gasteiger partial charge in [0.1, 0.15) is 0 Å². The molecule has 2 aliphatic rings. The van der Waals surface area contributed by atoms with Gasteiger partial charge in [0.15, 0.2) is 11.5 Å². The van der Waals surface area contributed by atoms with Crippen molar-refractivity contribution in [2.45, 2.75) is 19.8 Å². The zero-order valence-corrected chi connectivity index (χ0v) is 8.72. The van der Waals surface area contributed by atoms with Crippen molar-refractivity contribution in [2.75, 3.05) is 7.11 Å². The maximum absolute atomic E-state index is 9.93. The summed E-state index contributed by atoms with van der Waals surface area (Å²) in [6.07, 6.45) is 1.80. The fourth-order valence-electron chi connectivity index (χ4n) is 2.43. The molecular weight excluding hydrogens is 176 g/mol. The number of methoxy groups -OCH3 is 1. The quantitative estimate of drug-likeness (QED) is 0.777. The van der Waals surface area contributed by atoms with E-state index in [4.69, 9.17) is 4.74 Å². The summed E-state index contributed by atoms with van der Waals surface area (Å²) in [5, 5.41) is 9.93. The normalized spacial score (nSPS) is 17.5. The van der Waals surface area contributed by atoms with Crippen LogP contribution in [-0.2, 0) is 0 Å². The van der Waals surface area contributed by atoms with Crippen LogP contribution in [0, 0.1) is 6.92 Å². The molecule has 0 radical (unpaired) electrons. The average Bonchev–Trinajstić information content (AvgIpc) is 2.13. The van der Waals surface area contributed by atoms with Crippen LogP contribution in [0.3, 0.4) is 0 Å². The van der Waals surface area contributed by atoms with Crippen LogP contribution < -0.4 is 4.74 Å². The smallest absolute Gasteiger partial charge is 0.164 e. The molecule has 2 bridgehead atoms. The lowest BCUT2D eigenvalue weighted by molar-refractivity contribution is 0.361. The van der Waals surface area contributed by atoms with Crippen molar-refractivity contribution in [2.24, 2.45) is 0 Å². The Bertz CT molecular complexity index is 388. The Balaban J connectivity index is 2.75. The maximum atomic E-state index is 9.93. The molecule has 1 aromatic carbocycles.